The average molecular weight is 356 g/mol. The lowest BCUT2D eigenvalue weighted by molar-refractivity contribution is -0.137. The van der Waals surface area contributed by atoms with Crippen LogP contribution in [-0.2, 0) is 17.8 Å². The van der Waals surface area contributed by atoms with Gasteiger partial charge in [0.2, 0.25) is 0 Å². The summed E-state index contributed by atoms with van der Waals surface area (Å²) in [5, 5.41) is 13.2. The van der Waals surface area contributed by atoms with Gasteiger partial charge in [0.05, 0.1) is 6.42 Å². The Bertz CT molecular complexity index is 864. The summed E-state index contributed by atoms with van der Waals surface area (Å²) < 4.78 is 15.6. The van der Waals surface area contributed by atoms with Crippen LogP contribution in [0.1, 0.15) is 36.2 Å². The standard InChI is InChI=1S/C19H21FN4O2/c20-15-1-2-16-14(11-15)5-10-24-19(21-12-22-24)18(16)13-3-7-23(8-4-13)9-6-17(25)26/h1-2,11-12H,3-10H2,(H,25,26). The molecular formula is C19H21FN4O2. The molecule has 2 aliphatic heterocycles. The fourth-order valence-corrected chi connectivity index (χ4v) is 3.88. The number of nitrogens with zero attached hydrogens (tertiary/aromatic N) is 4. The smallest absolute Gasteiger partial charge is 0.304 e. The van der Waals surface area contributed by atoms with Gasteiger partial charge in [0.25, 0.3) is 0 Å². The summed E-state index contributed by atoms with van der Waals surface area (Å²) in [6, 6.07) is 4.98. The third-order valence-electron chi connectivity index (χ3n) is 5.22. The van der Waals surface area contributed by atoms with Crippen LogP contribution in [0.2, 0.25) is 0 Å². The molecule has 0 atom stereocenters. The summed E-state index contributed by atoms with van der Waals surface area (Å²) in [5.74, 6) is -0.129. The summed E-state index contributed by atoms with van der Waals surface area (Å²) in [5.41, 5.74) is 4.41. The van der Waals surface area contributed by atoms with Gasteiger partial charge in [0.15, 0.2) is 5.82 Å². The molecule has 0 aliphatic carbocycles. The quantitative estimate of drug-likeness (QED) is 0.914. The van der Waals surface area contributed by atoms with Gasteiger partial charge in [-0.05, 0) is 42.5 Å². The first-order chi connectivity index (χ1) is 12.6. The number of aromatic nitrogens is 3. The van der Waals surface area contributed by atoms with Crippen LogP contribution in [0, 0.1) is 5.82 Å². The van der Waals surface area contributed by atoms with E-state index in [-0.39, 0.29) is 12.2 Å². The number of rotatable bonds is 3. The van der Waals surface area contributed by atoms with E-state index in [0.29, 0.717) is 13.1 Å². The van der Waals surface area contributed by atoms with E-state index in [2.05, 4.69) is 15.0 Å². The molecule has 26 heavy (non-hydrogen) atoms. The first kappa shape index (κ1) is 16.9. The minimum atomic E-state index is -0.762. The summed E-state index contributed by atoms with van der Waals surface area (Å²) in [6.45, 7) is 2.93. The molecule has 1 aromatic heterocycles. The normalized spacial score (nSPS) is 17.6. The zero-order chi connectivity index (χ0) is 18.1. The van der Waals surface area contributed by atoms with E-state index in [9.17, 15) is 9.18 Å². The van der Waals surface area contributed by atoms with Gasteiger partial charge in [-0.25, -0.2) is 14.1 Å². The summed E-state index contributed by atoms with van der Waals surface area (Å²) >= 11 is 0. The minimum absolute atomic E-state index is 0.169. The maximum atomic E-state index is 13.7. The van der Waals surface area contributed by atoms with Crippen LogP contribution in [0.3, 0.4) is 0 Å². The third-order valence-corrected chi connectivity index (χ3v) is 5.22. The highest BCUT2D eigenvalue weighted by Crippen LogP contribution is 2.35. The first-order valence-corrected chi connectivity index (χ1v) is 8.95. The molecule has 1 saturated heterocycles. The van der Waals surface area contributed by atoms with Crippen molar-refractivity contribution in [3.8, 4) is 0 Å². The molecule has 1 fully saturated rings. The van der Waals surface area contributed by atoms with E-state index in [4.69, 9.17) is 5.11 Å². The molecule has 0 spiro atoms. The van der Waals surface area contributed by atoms with E-state index in [1.807, 2.05) is 10.7 Å². The highest BCUT2D eigenvalue weighted by atomic mass is 19.1. The average Bonchev–Trinajstić information content (AvgIpc) is 3.03. The van der Waals surface area contributed by atoms with Gasteiger partial charge in [0.1, 0.15) is 12.1 Å². The van der Waals surface area contributed by atoms with Gasteiger partial charge in [-0.1, -0.05) is 11.6 Å². The SMILES string of the molecule is O=C(O)CCN1CCC(=C2c3ccc(F)cc3CCn3ncnc32)CC1. The third kappa shape index (κ3) is 3.26. The number of carboxylic acid groups (broad SMARTS) is 1. The summed E-state index contributed by atoms with van der Waals surface area (Å²) in [6.07, 6.45) is 4.19. The van der Waals surface area contributed by atoms with Crippen molar-refractivity contribution in [2.24, 2.45) is 0 Å². The van der Waals surface area contributed by atoms with Gasteiger partial charge >= 0.3 is 5.97 Å². The molecule has 0 radical (unpaired) electrons. The molecule has 3 heterocycles. The first-order valence-electron chi connectivity index (χ1n) is 8.95. The Hall–Kier alpha value is -2.54. The largest absolute Gasteiger partial charge is 0.481 e. The van der Waals surface area contributed by atoms with Crippen molar-refractivity contribution < 1.29 is 14.3 Å². The van der Waals surface area contributed by atoms with E-state index >= 15 is 0 Å². The van der Waals surface area contributed by atoms with E-state index in [1.54, 1.807) is 12.4 Å². The predicted molar refractivity (Wildman–Crippen MR) is 94.1 cm³/mol. The van der Waals surface area contributed by atoms with Crippen LogP contribution in [0.15, 0.2) is 30.1 Å². The van der Waals surface area contributed by atoms with E-state index in [1.165, 1.54) is 11.6 Å². The zero-order valence-corrected chi connectivity index (χ0v) is 14.5. The Balaban J connectivity index is 1.68. The van der Waals surface area contributed by atoms with Crippen LogP contribution in [0.25, 0.3) is 5.57 Å². The minimum Gasteiger partial charge on any atom is -0.481 e. The lowest BCUT2D eigenvalue weighted by atomic mass is 9.90. The van der Waals surface area contributed by atoms with Gasteiger partial charge in [0, 0.05) is 31.8 Å². The van der Waals surface area contributed by atoms with Crippen molar-refractivity contribution in [3.63, 3.8) is 0 Å². The molecule has 2 aromatic rings. The molecule has 1 N–H and O–H groups in total. The number of aliphatic carboxylic acids is 1. The molecule has 4 rings (SSSR count). The summed E-state index contributed by atoms with van der Waals surface area (Å²) in [4.78, 5) is 17.4. The number of likely N-dealkylation sites (tertiary alicyclic amines) is 1. The number of carbonyl (C=O) groups is 1. The second-order valence-corrected chi connectivity index (χ2v) is 6.82. The monoisotopic (exact) mass is 356 g/mol. The van der Waals surface area contributed by atoms with Crippen LogP contribution in [0.4, 0.5) is 4.39 Å². The topological polar surface area (TPSA) is 71.2 Å². The lowest BCUT2D eigenvalue weighted by Gasteiger charge is -2.29. The molecule has 0 unspecified atom stereocenters. The number of benzene rings is 1. The van der Waals surface area contributed by atoms with Crippen molar-refractivity contribution in [2.75, 3.05) is 19.6 Å². The molecule has 2 aliphatic rings. The number of piperidine rings is 1. The second kappa shape index (κ2) is 6.99. The Morgan fingerprint density at radius 1 is 1.19 bits per heavy atom. The molecule has 136 valence electrons. The van der Waals surface area contributed by atoms with Crippen LogP contribution >= 0.6 is 0 Å². The molecule has 0 amide bonds. The number of hydrogen-bond donors (Lipinski definition) is 1. The number of fused-ring (bicyclic) bond motifs is 2. The highest BCUT2D eigenvalue weighted by Gasteiger charge is 2.26. The van der Waals surface area contributed by atoms with Crippen molar-refractivity contribution in [2.45, 2.75) is 32.2 Å². The Labute approximate surface area is 151 Å². The van der Waals surface area contributed by atoms with Crippen LogP contribution in [-0.4, -0.2) is 50.4 Å². The Morgan fingerprint density at radius 2 is 2.00 bits per heavy atom. The molecular weight excluding hydrogens is 335 g/mol. The Kier molecular flexibility index (Phi) is 4.55. The highest BCUT2D eigenvalue weighted by molar-refractivity contribution is 5.81. The van der Waals surface area contributed by atoms with Gasteiger partial charge in [-0.15, -0.1) is 0 Å². The van der Waals surface area contributed by atoms with Crippen LogP contribution < -0.4 is 0 Å². The predicted octanol–water partition coefficient (Wildman–Crippen LogP) is 2.35. The van der Waals surface area contributed by atoms with Crippen molar-refractivity contribution in [1.82, 2.24) is 19.7 Å². The van der Waals surface area contributed by atoms with Crippen molar-refractivity contribution >= 4 is 11.5 Å². The van der Waals surface area contributed by atoms with Gasteiger partial charge in [-0.3, -0.25) is 4.79 Å². The van der Waals surface area contributed by atoms with E-state index < -0.39 is 5.97 Å². The fourth-order valence-electron chi connectivity index (χ4n) is 3.88. The summed E-state index contributed by atoms with van der Waals surface area (Å²) in [7, 11) is 0. The molecule has 1 aromatic carbocycles. The number of hydrogen-bond acceptors (Lipinski definition) is 4. The van der Waals surface area contributed by atoms with Gasteiger partial charge in [-0.2, -0.15) is 5.10 Å². The maximum absolute atomic E-state index is 13.7. The number of halogens is 1. The molecule has 7 heteroatoms. The molecule has 0 bridgehead atoms. The zero-order valence-electron chi connectivity index (χ0n) is 14.5. The maximum Gasteiger partial charge on any atom is 0.304 e. The molecule has 0 saturated carbocycles. The fraction of sp³-hybridized carbons (Fsp3) is 0.421. The van der Waals surface area contributed by atoms with Crippen molar-refractivity contribution in [1.29, 1.82) is 0 Å². The molecule has 6 nitrogen and oxygen atoms in total. The van der Waals surface area contributed by atoms with E-state index in [0.717, 1.165) is 54.9 Å². The van der Waals surface area contributed by atoms with Crippen LogP contribution in [0.5, 0.6) is 0 Å². The lowest BCUT2D eigenvalue weighted by Crippen LogP contribution is -2.33. The number of carboxylic acids is 1. The second-order valence-electron chi connectivity index (χ2n) is 6.82. The van der Waals surface area contributed by atoms with Gasteiger partial charge < -0.3 is 10.0 Å². The Morgan fingerprint density at radius 3 is 2.77 bits per heavy atom. The number of aryl methyl sites for hydroxylation is 2. The van der Waals surface area contributed by atoms with Crippen molar-refractivity contribution in [3.05, 3.63) is 52.9 Å².